The molecule has 2 N–H and O–H groups in total. The van der Waals surface area contributed by atoms with Gasteiger partial charge in [-0.05, 0) is 0 Å². The molecule has 2 aromatic rings. The van der Waals surface area contributed by atoms with E-state index in [4.69, 9.17) is 11.0 Å². The van der Waals surface area contributed by atoms with Crippen LogP contribution in [0.15, 0.2) is 30.3 Å². The first kappa shape index (κ1) is 16.5. The summed E-state index contributed by atoms with van der Waals surface area (Å²) in [5.41, 5.74) is 7.64. The van der Waals surface area contributed by atoms with Crippen molar-refractivity contribution in [2.75, 3.05) is 12.3 Å². The van der Waals surface area contributed by atoms with Crippen molar-refractivity contribution in [3.05, 3.63) is 41.5 Å². The van der Waals surface area contributed by atoms with Crippen LogP contribution >= 0.6 is 0 Å². The first-order chi connectivity index (χ1) is 11.6. The molecule has 1 aliphatic rings. The van der Waals surface area contributed by atoms with Crippen molar-refractivity contribution in [3.63, 3.8) is 0 Å². The fourth-order valence-corrected chi connectivity index (χ4v) is 3.96. The van der Waals surface area contributed by atoms with E-state index in [0.717, 1.165) is 30.0 Å². The van der Waals surface area contributed by atoms with Crippen molar-refractivity contribution in [3.8, 4) is 4.97 Å². The van der Waals surface area contributed by atoms with Crippen LogP contribution in [-0.2, 0) is 0 Å². The third kappa shape index (κ3) is 2.89. The van der Waals surface area contributed by atoms with E-state index in [1.807, 2.05) is 6.07 Å². The van der Waals surface area contributed by atoms with E-state index in [-0.39, 0.29) is 26.8 Å². The molecule has 2 amide bonds. The van der Waals surface area contributed by atoms with Crippen molar-refractivity contribution in [1.82, 2.24) is 4.90 Å². The summed E-state index contributed by atoms with van der Waals surface area (Å²) in [5, 5.41) is 10.9. The summed E-state index contributed by atoms with van der Waals surface area (Å²) in [5.74, 6) is -0.491. The number of hydrogen-bond acceptors (Lipinski definition) is 4. The van der Waals surface area contributed by atoms with Gasteiger partial charge in [-0.15, -0.1) is 0 Å². The Morgan fingerprint density at radius 1 is 1.04 bits per heavy atom. The number of nitrogens with two attached hydrogens (primary N) is 1. The summed E-state index contributed by atoms with van der Waals surface area (Å²) in [6, 6.07) is 8.82. The van der Waals surface area contributed by atoms with E-state index in [9.17, 15) is 9.59 Å². The van der Waals surface area contributed by atoms with Gasteiger partial charge in [0.25, 0.3) is 0 Å². The number of rotatable bonds is 6. The van der Waals surface area contributed by atoms with E-state index < -0.39 is 0 Å². The first-order valence-corrected chi connectivity index (χ1v) is 9.90. The predicted octanol–water partition coefficient (Wildman–Crippen LogP) is 2.79. The quantitative estimate of drug-likeness (QED) is 0.358. The third-order valence-corrected chi connectivity index (χ3v) is 5.52. The minimum atomic E-state index is -0.245. The number of carbonyl (C=O) groups excluding carboxylic acids is 2. The standard InChI is InChI=1S/C18H17N3O2Se/c19-11-24-10-3-1-2-9-21-17(22)13-6-4-5-12-15(20)8-7-14(16(12)13)18(21)23/h4-8H,1-3,9-10,20H2. The Bertz CT molecular complexity index is 835. The van der Waals surface area contributed by atoms with Gasteiger partial charge in [-0.25, -0.2) is 0 Å². The summed E-state index contributed by atoms with van der Waals surface area (Å²) in [6.07, 6.45) is 2.64. The summed E-state index contributed by atoms with van der Waals surface area (Å²) in [6.45, 7) is 0.414. The molecule has 0 aromatic heterocycles. The van der Waals surface area contributed by atoms with Crippen molar-refractivity contribution < 1.29 is 9.59 Å². The summed E-state index contributed by atoms with van der Waals surface area (Å²) >= 11 is 0.0469. The molecule has 6 heteroatoms. The molecule has 0 unspecified atom stereocenters. The van der Waals surface area contributed by atoms with E-state index in [1.54, 1.807) is 24.3 Å². The molecular formula is C18H17N3O2Se. The molecule has 2 aromatic carbocycles. The molecule has 0 spiro atoms. The van der Waals surface area contributed by atoms with Crippen molar-refractivity contribution in [2.24, 2.45) is 0 Å². The van der Waals surface area contributed by atoms with Crippen LogP contribution in [0.4, 0.5) is 5.69 Å². The number of unbranched alkanes of at least 4 members (excludes halogenated alkanes) is 2. The van der Waals surface area contributed by atoms with E-state index in [0.29, 0.717) is 28.7 Å². The van der Waals surface area contributed by atoms with Crippen molar-refractivity contribution >= 4 is 43.2 Å². The number of nitrogen functional groups attached to an aromatic ring is 1. The molecule has 0 aliphatic carbocycles. The summed E-state index contributed by atoms with van der Waals surface area (Å²) in [4.78, 5) is 28.9. The Morgan fingerprint density at radius 2 is 1.79 bits per heavy atom. The van der Waals surface area contributed by atoms with Crippen LogP contribution in [0.2, 0.25) is 5.32 Å². The molecule has 0 fully saturated rings. The van der Waals surface area contributed by atoms with Gasteiger partial charge in [-0.3, -0.25) is 0 Å². The fourth-order valence-electron chi connectivity index (χ4n) is 3.04. The second-order valence-corrected chi connectivity index (χ2v) is 7.54. The van der Waals surface area contributed by atoms with Crippen LogP contribution in [0.5, 0.6) is 0 Å². The zero-order valence-electron chi connectivity index (χ0n) is 13.1. The predicted molar refractivity (Wildman–Crippen MR) is 93.8 cm³/mol. The number of nitrogens with zero attached hydrogens (tertiary/aromatic N) is 2. The molecule has 3 rings (SSSR count). The molecular weight excluding hydrogens is 369 g/mol. The van der Waals surface area contributed by atoms with Gasteiger partial charge < -0.3 is 0 Å². The molecule has 24 heavy (non-hydrogen) atoms. The number of nitriles is 1. The van der Waals surface area contributed by atoms with Crippen LogP contribution in [-0.4, -0.2) is 38.2 Å². The van der Waals surface area contributed by atoms with Gasteiger partial charge in [0.2, 0.25) is 0 Å². The van der Waals surface area contributed by atoms with Crippen molar-refractivity contribution in [1.29, 1.82) is 5.26 Å². The molecule has 5 nitrogen and oxygen atoms in total. The Kier molecular flexibility index (Phi) is 4.84. The van der Waals surface area contributed by atoms with Crippen LogP contribution in [0.25, 0.3) is 10.8 Å². The molecule has 0 bridgehead atoms. The third-order valence-electron chi connectivity index (χ3n) is 4.22. The molecule has 1 heterocycles. The van der Waals surface area contributed by atoms with Crippen molar-refractivity contribution in [2.45, 2.75) is 24.6 Å². The van der Waals surface area contributed by atoms with Gasteiger partial charge >= 0.3 is 146 Å². The summed E-state index contributed by atoms with van der Waals surface area (Å²) in [7, 11) is 0. The first-order valence-electron chi connectivity index (χ1n) is 7.83. The second-order valence-electron chi connectivity index (χ2n) is 5.69. The Labute approximate surface area is 146 Å². The molecule has 0 saturated carbocycles. The number of anilines is 1. The number of benzene rings is 2. The van der Waals surface area contributed by atoms with Crippen LogP contribution in [0.3, 0.4) is 0 Å². The Balaban J connectivity index is 1.81. The number of carbonyl (C=O) groups is 2. The normalized spacial score (nSPS) is 13.4. The number of hydrogen-bond donors (Lipinski definition) is 1. The fraction of sp³-hybridized carbons (Fsp3) is 0.278. The molecule has 122 valence electrons. The van der Waals surface area contributed by atoms with E-state index >= 15 is 0 Å². The van der Waals surface area contributed by atoms with Crippen LogP contribution < -0.4 is 5.73 Å². The van der Waals surface area contributed by atoms with Gasteiger partial charge in [-0.2, -0.15) is 0 Å². The van der Waals surface area contributed by atoms with Gasteiger partial charge in [0.05, 0.1) is 0 Å². The molecule has 0 radical (unpaired) electrons. The Hall–Kier alpha value is -2.35. The van der Waals surface area contributed by atoms with Gasteiger partial charge in [0.1, 0.15) is 0 Å². The minimum absolute atomic E-state index is 0.0469. The van der Waals surface area contributed by atoms with E-state index in [1.165, 1.54) is 4.90 Å². The Morgan fingerprint density at radius 3 is 2.54 bits per heavy atom. The van der Waals surface area contributed by atoms with Gasteiger partial charge in [-0.1, -0.05) is 0 Å². The molecule has 1 aliphatic heterocycles. The monoisotopic (exact) mass is 387 g/mol. The van der Waals surface area contributed by atoms with Gasteiger partial charge in [0.15, 0.2) is 0 Å². The van der Waals surface area contributed by atoms with E-state index in [2.05, 4.69) is 4.97 Å². The second kappa shape index (κ2) is 7.04. The number of amides is 2. The van der Waals surface area contributed by atoms with Crippen LogP contribution in [0.1, 0.15) is 40.0 Å². The SMILES string of the molecule is N#C[Se]CCCCCN1C(=O)c2cccc3c(N)ccc(c23)C1=O. The van der Waals surface area contributed by atoms with Gasteiger partial charge in [0, 0.05) is 0 Å². The topological polar surface area (TPSA) is 87.2 Å². The molecule has 0 atom stereocenters. The zero-order chi connectivity index (χ0) is 17.1. The maximum atomic E-state index is 12.7. The maximum absolute atomic E-state index is 12.7. The average Bonchev–Trinajstić information content (AvgIpc) is 2.59. The molecule has 0 saturated heterocycles. The average molecular weight is 386 g/mol. The summed E-state index contributed by atoms with van der Waals surface area (Å²) < 4.78 is 0. The number of imide groups is 1. The zero-order valence-corrected chi connectivity index (χ0v) is 14.8. The van der Waals surface area contributed by atoms with Crippen LogP contribution in [0, 0.1) is 10.2 Å².